The predicted octanol–water partition coefficient (Wildman–Crippen LogP) is 3.27. The molecule has 1 amide bonds. The number of carbonyl (C=O) groups excluding carboxylic acids is 1. The Labute approximate surface area is 178 Å². The van der Waals surface area contributed by atoms with Gasteiger partial charge in [0.25, 0.3) is 10.0 Å². The average Bonchev–Trinajstić information content (AvgIpc) is 3.27. The number of carbonyl (C=O) groups is 1. The van der Waals surface area contributed by atoms with Gasteiger partial charge in [-0.1, -0.05) is 30.3 Å². The maximum Gasteiger partial charge on any atom is 0.421 e. The van der Waals surface area contributed by atoms with E-state index < -0.39 is 33.9 Å². The monoisotopic (exact) mass is 456 g/mol. The molecular weight excluding hydrogens is 433 g/mol. The summed E-state index contributed by atoms with van der Waals surface area (Å²) in [6.45, 7) is 1.21. The van der Waals surface area contributed by atoms with E-state index >= 15 is 0 Å². The molecule has 0 bridgehead atoms. The molecule has 1 aliphatic heterocycles. The number of halogens is 3. The second-order valence-corrected chi connectivity index (χ2v) is 9.39. The van der Waals surface area contributed by atoms with Crippen molar-refractivity contribution in [3.05, 3.63) is 60.2 Å². The fraction of sp³-hybridized carbons (Fsp3) is 0.381. The molecule has 0 radical (unpaired) electrons. The molecule has 1 aliphatic rings. The van der Waals surface area contributed by atoms with Gasteiger partial charge in [-0.3, -0.25) is 9.10 Å². The Kier molecular flexibility index (Phi) is 6.33. The van der Waals surface area contributed by atoms with Crippen LogP contribution in [0.25, 0.3) is 0 Å². The summed E-state index contributed by atoms with van der Waals surface area (Å²) in [5.41, 5.74) is -3.51. The number of hydrogen-bond acceptors (Lipinski definition) is 4. The summed E-state index contributed by atoms with van der Waals surface area (Å²) in [6.07, 6.45) is -3.24. The van der Waals surface area contributed by atoms with Gasteiger partial charge in [0.2, 0.25) is 5.91 Å². The summed E-state index contributed by atoms with van der Waals surface area (Å²) in [5, 5.41) is 9.86. The van der Waals surface area contributed by atoms with Gasteiger partial charge in [-0.05, 0) is 49.6 Å². The Morgan fingerprint density at radius 3 is 2.10 bits per heavy atom. The molecule has 10 heteroatoms. The first kappa shape index (κ1) is 23.1. The van der Waals surface area contributed by atoms with Crippen molar-refractivity contribution < 1.29 is 31.5 Å². The lowest BCUT2D eigenvalue weighted by Crippen LogP contribution is -2.42. The molecule has 2 aromatic rings. The van der Waals surface area contributed by atoms with E-state index in [-0.39, 0.29) is 16.5 Å². The molecule has 3 rings (SSSR count). The van der Waals surface area contributed by atoms with Crippen LogP contribution in [0.5, 0.6) is 0 Å². The Morgan fingerprint density at radius 1 is 1.03 bits per heavy atom. The van der Waals surface area contributed by atoms with Crippen molar-refractivity contribution in [2.24, 2.45) is 0 Å². The average molecular weight is 456 g/mol. The third-order valence-electron chi connectivity index (χ3n) is 5.34. The Bertz CT molecular complexity index is 1020. The lowest BCUT2D eigenvalue weighted by molar-refractivity contribution is -0.258. The molecule has 1 heterocycles. The number of rotatable bonds is 6. The van der Waals surface area contributed by atoms with E-state index in [0.717, 1.165) is 41.4 Å². The Balaban J connectivity index is 1.99. The highest BCUT2D eigenvalue weighted by Gasteiger charge is 2.51. The Hall–Kier alpha value is -2.59. The zero-order valence-corrected chi connectivity index (χ0v) is 17.7. The van der Waals surface area contributed by atoms with E-state index in [2.05, 4.69) is 0 Å². The van der Waals surface area contributed by atoms with Crippen molar-refractivity contribution in [3.8, 4) is 0 Å². The molecule has 6 nitrogen and oxygen atoms in total. The first-order chi connectivity index (χ1) is 14.4. The second kappa shape index (κ2) is 8.51. The minimum atomic E-state index is -4.91. The fourth-order valence-electron chi connectivity index (χ4n) is 3.34. The van der Waals surface area contributed by atoms with Gasteiger partial charge in [-0.2, -0.15) is 13.2 Å². The predicted molar refractivity (Wildman–Crippen MR) is 109 cm³/mol. The van der Waals surface area contributed by atoms with Crippen molar-refractivity contribution in [2.45, 2.75) is 36.4 Å². The maximum atomic E-state index is 13.3. The zero-order chi connectivity index (χ0) is 22.9. The van der Waals surface area contributed by atoms with E-state index in [4.69, 9.17) is 0 Å². The topological polar surface area (TPSA) is 77.9 Å². The summed E-state index contributed by atoms with van der Waals surface area (Å²) in [5.74, 6) is -0.386. The normalized spacial score (nSPS) is 16.7. The van der Waals surface area contributed by atoms with E-state index in [1.165, 1.54) is 24.3 Å². The van der Waals surface area contributed by atoms with Gasteiger partial charge in [0.15, 0.2) is 5.60 Å². The maximum absolute atomic E-state index is 13.3. The number of nitrogens with zero attached hydrogens (tertiary/aromatic N) is 2. The van der Waals surface area contributed by atoms with Crippen molar-refractivity contribution in [2.75, 3.05) is 23.9 Å². The number of sulfonamides is 1. The van der Waals surface area contributed by atoms with Crippen molar-refractivity contribution >= 4 is 21.6 Å². The van der Waals surface area contributed by atoms with Crippen LogP contribution in [0.1, 0.15) is 25.3 Å². The molecule has 168 valence electrons. The number of anilines is 1. The lowest BCUT2D eigenvalue weighted by Gasteiger charge is -2.29. The van der Waals surface area contributed by atoms with Gasteiger partial charge in [-0.15, -0.1) is 0 Å². The van der Waals surface area contributed by atoms with Crippen LogP contribution in [-0.4, -0.2) is 50.1 Å². The number of hydrogen-bond donors (Lipinski definition) is 1. The van der Waals surface area contributed by atoms with Crippen LogP contribution in [0, 0.1) is 0 Å². The van der Waals surface area contributed by atoms with Crippen LogP contribution in [0.2, 0.25) is 0 Å². The molecule has 0 saturated carbocycles. The molecule has 2 aromatic carbocycles. The molecule has 0 aromatic heterocycles. The van der Waals surface area contributed by atoms with Gasteiger partial charge in [0.1, 0.15) is 6.54 Å². The third kappa shape index (κ3) is 4.69. The lowest BCUT2D eigenvalue weighted by atomic mass is 9.95. The molecule has 0 spiro atoms. The first-order valence-corrected chi connectivity index (χ1v) is 11.1. The summed E-state index contributed by atoms with van der Waals surface area (Å²) in [6, 6.07) is 11.8. The molecule has 1 unspecified atom stereocenters. The third-order valence-corrected chi connectivity index (χ3v) is 7.13. The van der Waals surface area contributed by atoms with Gasteiger partial charge in [0, 0.05) is 13.1 Å². The number of likely N-dealkylation sites (tertiary alicyclic amines) is 1. The van der Waals surface area contributed by atoms with Crippen LogP contribution < -0.4 is 4.31 Å². The van der Waals surface area contributed by atoms with Gasteiger partial charge >= 0.3 is 6.18 Å². The van der Waals surface area contributed by atoms with E-state index in [1.807, 2.05) is 0 Å². The van der Waals surface area contributed by atoms with Crippen molar-refractivity contribution in [1.82, 2.24) is 4.90 Å². The SMILES string of the molecule is CC(O)(c1ccc(N(CC(=O)N2CCCC2)S(=O)(=O)c2ccccc2)cc1)C(F)(F)F. The minimum absolute atomic E-state index is 0.0260. The van der Waals surface area contributed by atoms with Crippen LogP contribution in [-0.2, 0) is 20.4 Å². The molecule has 0 aliphatic carbocycles. The molecule has 1 atom stereocenters. The number of aliphatic hydroxyl groups is 1. The fourth-order valence-corrected chi connectivity index (χ4v) is 4.78. The van der Waals surface area contributed by atoms with Gasteiger partial charge in [-0.25, -0.2) is 8.42 Å². The summed E-state index contributed by atoms with van der Waals surface area (Å²) in [4.78, 5) is 14.2. The first-order valence-electron chi connectivity index (χ1n) is 9.70. The van der Waals surface area contributed by atoms with E-state index in [9.17, 15) is 31.5 Å². The molecule has 31 heavy (non-hydrogen) atoms. The molecular formula is C21H23F3N2O4S. The highest BCUT2D eigenvalue weighted by atomic mass is 32.2. The molecule has 1 fully saturated rings. The van der Waals surface area contributed by atoms with E-state index in [1.54, 1.807) is 11.0 Å². The van der Waals surface area contributed by atoms with Gasteiger partial charge in [0.05, 0.1) is 10.6 Å². The van der Waals surface area contributed by atoms with Crippen LogP contribution >= 0.6 is 0 Å². The van der Waals surface area contributed by atoms with Crippen LogP contribution in [0.4, 0.5) is 18.9 Å². The van der Waals surface area contributed by atoms with Crippen LogP contribution in [0.15, 0.2) is 59.5 Å². The highest BCUT2D eigenvalue weighted by Crippen LogP contribution is 2.39. The highest BCUT2D eigenvalue weighted by molar-refractivity contribution is 7.92. The van der Waals surface area contributed by atoms with Gasteiger partial charge < -0.3 is 10.0 Å². The summed E-state index contributed by atoms with van der Waals surface area (Å²) < 4.78 is 66.8. The van der Waals surface area contributed by atoms with E-state index in [0.29, 0.717) is 20.0 Å². The summed E-state index contributed by atoms with van der Waals surface area (Å²) in [7, 11) is -4.15. The number of alkyl halides is 3. The Morgan fingerprint density at radius 2 is 1.58 bits per heavy atom. The molecule has 1 N–H and O–H groups in total. The smallest absolute Gasteiger partial charge is 0.376 e. The molecule has 1 saturated heterocycles. The number of benzene rings is 2. The standard InChI is InChI=1S/C21H23F3N2O4S/c1-20(28,21(22,23)24)16-9-11-17(12-10-16)26(15-19(27)25-13-5-6-14-25)31(29,30)18-7-3-2-4-8-18/h2-4,7-12,28H,5-6,13-15H2,1H3. The summed E-state index contributed by atoms with van der Waals surface area (Å²) >= 11 is 0. The largest absolute Gasteiger partial charge is 0.421 e. The number of amides is 1. The van der Waals surface area contributed by atoms with Crippen LogP contribution in [0.3, 0.4) is 0 Å². The quantitative estimate of drug-likeness (QED) is 0.724. The minimum Gasteiger partial charge on any atom is -0.376 e. The zero-order valence-electron chi connectivity index (χ0n) is 16.8. The second-order valence-electron chi connectivity index (χ2n) is 7.53. The van der Waals surface area contributed by atoms with Crippen molar-refractivity contribution in [3.63, 3.8) is 0 Å². The van der Waals surface area contributed by atoms with Crippen molar-refractivity contribution in [1.29, 1.82) is 0 Å².